The van der Waals surface area contributed by atoms with Crippen LogP contribution in [0, 0.1) is 5.92 Å². The third kappa shape index (κ3) is 6.34. The molecule has 1 aromatic carbocycles. The van der Waals surface area contributed by atoms with Gasteiger partial charge in [-0.05, 0) is 42.6 Å². The Morgan fingerprint density at radius 3 is 2.67 bits per heavy atom. The standard InChI is InChI=1S/C19H25NO3S/c1-15(19(21)22)14-20(2)10-4-11-23-17-8-6-16(7-9-17)13-18-5-3-12-24-18/h3,5-9,12,15H,4,10-11,13-14H2,1-2H3,(H,21,22). The molecule has 1 unspecified atom stereocenters. The van der Waals surface area contributed by atoms with Crippen molar-refractivity contribution in [3.63, 3.8) is 0 Å². The lowest BCUT2D eigenvalue weighted by Crippen LogP contribution is -2.30. The van der Waals surface area contributed by atoms with Crippen LogP contribution in [0.5, 0.6) is 5.75 Å². The van der Waals surface area contributed by atoms with E-state index in [1.165, 1.54) is 10.4 Å². The number of rotatable bonds is 10. The van der Waals surface area contributed by atoms with Crippen LogP contribution in [0.25, 0.3) is 0 Å². The zero-order valence-corrected chi connectivity index (χ0v) is 15.1. The van der Waals surface area contributed by atoms with Gasteiger partial charge in [0.25, 0.3) is 0 Å². The van der Waals surface area contributed by atoms with Gasteiger partial charge in [-0.2, -0.15) is 0 Å². The van der Waals surface area contributed by atoms with Crippen molar-refractivity contribution in [3.05, 3.63) is 52.2 Å². The first kappa shape index (κ1) is 18.5. The van der Waals surface area contributed by atoms with Crippen LogP contribution in [-0.2, 0) is 11.2 Å². The summed E-state index contributed by atoms with van der Waals surface area (Å²) < 4.78 is 5.76. The lowest BCUT2D eigenvalue weighted by molar-refractivity contribution is -0.141. The Hall–Kier alpha value is -1.85. The van der Waals surface area contributed by atoms with Crippen molar-refractivity contribution in [3.8, 4) is 5.75 Å². The highest BCUT2D eigenvalue weighted by Gasteiger charge is 2.13. The molecule has 0 bridgehead atoms. The van der Waals surface area contributed by atoms with Crippen molar-refractivity contribution in [2.45, 2.75) is 19.8 Å². The molecule has 1 atom stereocenters. The summed E-state index contributed by atoms with van der Waals surface area (Å²) >= 11 is 1.77. The Kier molecular flexibility index (Phi) is 7.28. The summed E-state index contributed by atoms with van der Waals surface area (Å²) in [7, 11) is 1.94. The molecular weight excluding hydrogens is 322 g/mol. The Morgan fingerprint density at radius 1 is 1.29 bits per heavy atom. The van der Waals surface area contributed by atoms with Crippen LogP contribution in [0.4, 0.5) is 0 Å². The van der Waals surface area contributed by atoms with Crippen molar-refractivity contribution in [2.24, 2.45) is 5.92 Å². The Labute approximate surface area is 147 Å². The van der Waals surface area contributed by atoms with Gasteiger partial charge in [0, 0.05) is 24.4 Å². The van der Waals surface area contributed by atoms with E-state index in [1.807, 2.05) is 24.1 Å². The van der Waals surface area contributed by atoms with Crippen LogP contribution < -0.4 is 4.74 Å². The monoisotopic (exact) mass is 347 g/mol. The van der Waals surface area contributed by atoms with E-state index < -0.39 is 5.97 Å². The number of carbonyl (C=O) groups is 1. The second-order valence-corrected chi connectivity index (χ2v) is 7.14. The van der Waals surface area contributed by atoms with Gasteiger partial charge in [0.15, 0.2) is 0 Å². The zero-order chi connectivity index (χ0) is 17.4. The van der Waals surface area contributed by atoms with Gasteiger partial charge in [0.1, 0.15) is 5.75 Å². The zero-order valence-electron chi connectivity index (χ0n) is 14.3. The van der Waals surface area contributed by atoms with Gasteiger partial charge >= 0.3 is 5.97 Å². The lowest BCUT2D eigenvalue weighted by Gasteiger charge is -2.18. The Morgan fingerprint density at radius 2 is 2.04 bits per heavy atom. The first-order chi connectivity index (χ1) is 11.5. The molecule has 0 saturated carbocycles. The number of aliphatic carboxylic acids is 1. The number of benzene rings is 1. The first-order valence-corrected chi connectivity index (χ1v) is 9.08. The van der Waals surface area contributed by atoms with Crippen LogP contribution in [0.3, 0.4) is 0 Å². The minimum atomic E-state index is -0.749. The maximum atomic E-state index is 10.8. The van der Waals surface area contributed by atoms with E-state index in [0.717, 1.165) is 25.1 Å². The third-order valence-electron chi connectivity index (χ3n) is 3.84. The predicted molar refractivity (Wildman–Crippen MR) is 98.0 cm³/mol. The van der Waals surface area contributed by atoms with Crippen molar-refractivity contribution in [1.29, 1.82) is 0 Å². The van der Waals surface area contributed by atoms with Crippen molar-refractivity contribution in [2.75, 3.05) is 26.7 Å². The summed E-state index contributed by atoms with van der Waals surface area (Å²) in [6, 6.07) is 12.5. The number of carboxylic acids is 1. The molecule has 1 N–H and O–H groups in total. The molecule has 0 aliphatic carbocycles. The summed E-state index contributed by atoms with van der Waals surface area (Å²) in [6.07, 6.45) is 1.84. The molecular formula is C19H25NO3S. The van der Waals surface area contributed by atoms with Crippen molar-refractivity contribution in [1.82, 2.24) is 4.90 Å². The number of hydrogen-bond donors (Lipinski definition) is 1. The number of ether oxygens (including phenoxy) is 1. The fourth-order valence-corrected chi connectivity index (χ4v) is 3.22. The maximum absolute atomic E-state index is 10.8. The molecule has 0 amide bonds. The highest BCUT2D eigenvalue weighted by molar-refractivity contribution is 7.09. The largest absolute Gasteiger partial charge is 0.494 e. The van der Waals surface area contributed by atoms with Gasteiger partial charge in [-0.15, -0.1) is 11.3 Å². The van der Waals surface area contributed by atoms with Crippen LogP contribution >= 0.6 is 11.3 Å². The van der Waals surface area contributed by atoms with Crippen LogP contribution in [0.2, 0.25) is 0 Å². The summed E-state index contributed by atoms with van der Waals surface area (Å²) in [5.74, 6) is -0.209. The first-order valence-electron chi connectivity index (χ1n) is 8.20. The lowest BCUT2D eigenvalue weighted by atomic mass is 10.1. The van der Waals surface area contributed by atoms with E-state index >= 15 is 0 Å². The van der Waals surface area contributed by atoms with E-state index in [9.17, 15) is 4.79 Å². The molecule has 5 heteroatoms. The quantitative estimate of drug-likeness (QED) is 0.665. The fourth-order valence-electron chi connectivity index (χ4n) is 2.48. The average molecular weight is 347 g/mol. The summed E-state index contributed by atoms with van der Waals surface area (Å²) in [4.78, 5) is 14.2. The fraction of sp³-hybridized carbons (Fsp3) is 0.421. The maximum Gasteiger partial charge on any atom is 0.307 e. The molecule has 0 saturated heterocycles. The molecule has 0 spiro atoms. The minimum Gasteiger partial charge on any atom is -0.494 e. The summed E-state index contributed by atoms with van der Waals surface area (Å²) in [5, 5.41) is 11.0. The highest BCUT2D eigenvalue weighted by Crippen LogP contribution is 2.18. The van der Waals surface area contributed by atoms with Gasteiger partial charge in [-0.1, -0.05) is 25.1 Å². The van der Waals surface area contributed by atoms with E-state index in [2.05, 4.69) is 29.6 Å². The highest BCUT2D eigenvalue weighted by atomic mass is 32.1. The van der Waals surface area contributed by atoms with E-state index in [1.54, 1.807) is 18.3 Å². The van der Waals surface area contributed by atoms with E-state index in [0.29, 0.717) is 13.2 Å². The number of nitrogens with zero attached hydrogens (tertiary/aromatic N) is 1. The molecule has 1 heterocycles. The molecule has 2 rings (SSSR count). The van der Waals surface area contributed by atoms with Crippen LogP contribution in [-0.4, -0.2) is 42.7 Å². The predicted octanol–water partition coefficient (Wildman–Crippen LogP) is 3.76. The number of carboxylic acid groups (broad SMARTS) is 1. The second-order valence-electron chi connectivity index (χ2n) is 6.10. The minimum absolute atomic E-state index is 0.341. The molecule has 4 nitrogen and oxygen atoms in total. The summed E-state index contributed by atoms with van der Waals surface area (Å²) in [5.41, 5.74) is 1.28. The average Bonchev–Trinajstić information content (AvgIpc) is 3.06. The molecule has 130 valence electrons. The molecule has 0 radical (unpaired) electrons. The van der Waals surface area contributed by atoms with Gasteiger partial charge in [0.2, 0.25) is 0 Å². The number of hydrogen-bond acceptors (Lipinski definition) is 4. The van der Waals surface area contributed by atoms with Crippen molar-refractivity contribution < 1.29 is 14.6 Å². The SMILES string of the molecule is CC(CN(C)CCCOc1ccc(Cc2cccs2)cc1)C(=O)O. The molecule has 0 aliphatic rings. The normalized spacial score (nSPS) is 12.3. The van der Waals surface area contributed by atoms with Crippen LogP contribution in [0.15, 0.2) is 41.8 Å². The topological polar surface area (TPSA) is 49.8 Å². The van der Waals surface area contributed by atoms with Crippen LogP contribution in [0.1, 0.15) is 23.8 Å². The Bertz CT molecular complexity index is 610. The molecule has 0 fully saturated rings. The molecule has 1 aromatic heterocycles. The Balaban J connectivity index is 1.66. The van der Waals surface area contributed by atoms with Gasteiger partial charge in [-0.25, -0.2) is 0 Å². The summed E-state index contributed by atoms with van der Waals surface area (Å²) in [6.45, 7) is 3.75. The van der Waals surface area contributed by atoms with Gasteiger partial charge < -0.3 is 14.7 Å². The molecule has 24 heavy (non-hydrogen) atoms. The molecule has 2 aromatic rings. The van der Waals surface area contributed by atoms with E-state index in [-0.39, 0.29) is 5.92 Å². The number of thiophene rings is 1. The van der Waals surface area contributed by atoms with E-state index in [4.69, 9.17) is 9.84 Å². The van der Waals surface area contributed by atoms with Crippen molar-refractivity contribution >= 4 is 17.3 Å². The van der Waals surface area contributed by atoms with Gasteiger partial charge in [0.05, 0.1) is 12.5 Å². The second kappa shape index (κ2) is 9.45. The molecule has 0 aliphatic heterocycles. The third-order valence-corrected chi connectivity index (χ3v) is 4.72. The smallest absolute Gasteiger partial charge is 0.307 e. The van der Waals surface area contributed by atoms with Gasteiger partial charge in [-0.3, -0.25) is 4.79 Å².